The first-order valence-electron chi connectivity index (χ1n) is 6.26. The second-order valence-electron chi connectivity index (χ2n) is 5.31. The lowest BCUT2D eigenvalue weighted by Gasteiger charge is -2.28. The molecular formula is C13H25NO3. The molecular weight excluding hydrogens is 218 g/mol. The molecule has 0 heterocycles. The van der Waals surface area contributed by atoms with E-state index in [0.717, 1.165) is 12.8 Å². The first-order chi connectivity index (χ1) is 7.74. The second kappa shape index (κ2) is 6.62. The van der Waals surface area contributed by atoms with E-state index in [2.05, 4.69) is 12.2 Å². The number of hydrogen-bond acceptors (Lipinski definition) is 2. The van der Waals surface area contributed by atoms with Crippen LogP contribution in [-0.4, -0.2) is 23.0 Å². The third-order valence-corrected chi connectivity index (χ3v) is 3.42. The van der Waals surface area contributed by atoms with Crippen molar-refractivity contribution in [3.8, 4) is 0 Å². The molecule has 0 saturated carbocycles. The molecule has 100 valence electrons. The number of aliphatic carboxylic acids is 1. The quantitative estimate of drug-likeness (QED) is 0.721. The molecule has 2 atom stereocenters. The van der Waals surface area contributed by atoms with Gasteiger partial charge in [0.2, 0.25) is 5.91 Å². The maximum absolute atomic E-state index is 11.8. The van der Waals surface area contributed by atoms with E-state index < -0.39 is 11.4 Å². The lowest BCUT2D eigenvalue weighted by Crippen LogP contribution is -2.41. The second-order valence-corrected chi connectivity index (χ2v) is 5.31. The van der Waals surface area contributed by atoms with Gasteiger partial charge >= 0.3 is 5.97 Å². The van der Waals surface area contributed by atoms with Crippen molar-refractivity contribution in [2.45, 2.75) is 59.9 Å². The number of hydrogen-bond donors (Lipinski definition) is 2. The maximum atomic E-state index is 11.8. The Hall–Kier alpha value is -1.06. The molecule has 0 radical (unpaired) electrons. The molecule has 0 aliphatic carbocycles. The maximum Gasteiger partial charge on any atom is 0.310 e. The Bertz CT molecular complexity index is 276. The fourth-order valence-electron chi connectivity index (χ4n) is 1.69. The molecule has 0 aliphatic rings. The Balaban J connectivity index is 4.48. The molecule has 1 amide bonds. The summed E-state index contributed by atoms with van der Waals surface area (Å²) >= 11 is 0. The van der Waals surface area contributed by atoms with E-state index >= 15 is 0 Å². The largest absolute Gasteiger partial charge is 0.481 e. The molecule has 2 unspecified atom stereocenters. The fourth-order valence-corrected chi connectivity index (χ4v) is 1.69. The molecule has 0 aliphatic heterocycles. The zero-order chi connectivity index (χ0) is 13.6. The zero-order valence-electron chi connectivity index (χ0n) is 11.5. The Morgan fingerprint density at radius 3 is 2.18 bits per heavy atom. The number of amides is 1. The molecule has 0 spiro atoms. The van der Waals surface area contributed by atoms with Crippen LogP contribution in [0.4, 0.5) is 0 Å². The highest BCUT2D eigenvalue weighted by molar-refractivity contribution is 5.85. The van der Waals surface area contributed by atoms with Crippen LogP contribution in [0.3, 0.4) is 0 Å². The highest BCUT2D eigenvalue weighted by Gasteiger charge is 2.38. The summed E-state index contributed by atoms with van der Waals surface area (Å²) in [6, 6.07) is 0.109. The summed E-state index contributed by atoms with van der Waals surface area (Å²) in [6.07, 6.45) is 1.95. The van der Waals surface area contributed by atoms with E-state index in [9.17, 15) is 14.7 Å². The monoisotopic (exact) mass is 243 g/mol. The van der Waals surface area contributed by atoms with Crippen LogP contribution >= 0.6 is 0 Å². The Morgan fingerprint density at radius 2 is 1.82 bits per heavy atom. The standard InChI is InChI=1S/C13H25NO3/c1-6-7-10(4)14-11(15)8-13(5,9(2)3)12(16)17/h9-10H,6-8H2,1-5H3,(H,14,15)(H,16,17). The predicted octanol–water partition coefficient (Wildman–Crippen LogP) is 2.43. The summed E-state index contributed by atoms with van der Waals surface area (Å²) in [5.74, 6) is -1.16. The van der Waals surface area contributed by atoms with Crippen molar-refractivity contribution < 1.29 is 14.7 Å². The normalized spacial score (nSPS) is 16.4. The topological polar surface area (TPSA) is 66.4 Å². The van der Waals surface area contributed by atoms with Gasteiger partial charge in [0.15, 0.2) is 0 Å². The third-order valence-electron chi connectivity index (χ3n) is 3.42. The molecule has 2 N–H and O–H groups in total. The van der Waals surface area contributed by atoms with Crippen molar-refractivity contribution in [3.05, 3.63) is 0 Å². The number of nitrogens with one attached hydrogen (secondary N) is 1. The van der Waals surface area contributed by atoms with Crippen LogP contribution in [0, 0.1) is 11.3 Å². The first-order valence-corrected chi connectivity index (χ1v) is 6.26. The van der Waals surface area contributed by atoms with Gasteiger partial charge in [-0.15, -0.1) is 0 Å². The number of carbonyl (C=O) groups is 2. The molecule has 0 bridgehead atoms. The van der Waals surface area contributed by atoms with E-state index in [0.29, 0.717) is 0 Å². The third kappa shape index (κ3) is 4.75. The smallest absolute Gasteiger partial charge is 0.310 e. The lowest BCUT2D eigenvalue weighted by atomic mass is 9.76. The van der Waals surface area contributed by atoms with E-state index in [1.807, 2.05) is 20.8 Å². The summed E-state index contributed by atoms with van der Waals surface area (Å²) in [5.41, 5.74) is -0.990. The number of carboxylic acids is 1. The molecule has 0 saturated heterocycles. The van der Waals surface area contributed by atoms with Crippen molar-refractivity contribution in [3.63, 3.8) is 0 Å². The van der Waals surface area contributed by atoms with Crippen molar-refractivity contribution in [2.24, 2.45) is 11.3 Å². The van der Waals surface area contributed by atoms with Gasteiger partial charge in [0.25, 0.3) is 0 Å². The van der Waals surface area contributed by atoms with Crippen LogP contribution in [0.15, 0.2) is 0 Å². The van der Waals surface area contributed by atoms with Crippen LogP contribution < -0.4 is 5.32 Å². The van der Waals surface area contributed by atoms with Crippen LogP contribution in [0.2, 0.25) is 0 Å². The SMILES string of the molecule is CCCC(C)NC(=O)CC(C)(C(=O)O)C(C)C. The van der Waals surface area contributed by atoms with Crippen molar-refractivity contribution in [1.82, 2.24) is 5.32 Å². The minimum Gasteiger partial charge on any atom is -0.481 e. The highest BCUT2D eigenvalue weighted by Crippen LogP contribution is 2.31. The average molecular weight is 243 g/mol. The number of carbonyl (C=O) groups excluding carboxylic acids is 1. The summed E-state index contributed by atoms with van der Waals surface area (Å²) in [7, 11) is 0. The van der Waals surface area contributed by atoms with Crippen molar-refractivity contribution >= 4 is 11.9 Å². The summed E-state index contributed by atoms with van der Waals surface area (Å²) < 4.78 is 0. The number of carboxylic acid groups (broad SMARTS) is 1. The van der Waals surface area contributed by atoms with Crippen LogP contribution in [0.5, 0.6) is 0 Å². The molecule has 0 fully saturated rings. The van der Waals surface area contributed by atoms with E-state index in [1.165, 1.54) is 0 Å². The van der Waals surface area contributed by atoms with Gasteiger partial charge in [0.05, 0.1) is 5.41 Å². The zero-order valence-corrected chi connectivity index (χ0v) is 11.5. The molecule has 17 heavy (non-hydrogen) atoms. The Labute approximate surface area is 104 Å². The van der Waals surface area contributed by atoms with Gasteiger partial charge in [-0.05, 0) is 26.2 Å². The van der Waals surface area contributed by atoms with Gasteiger partial charge in [-0.3, -0.25) is 9.59 Å². The van der Waals surface area contributed by atoms with Crippen molar-refractivity contribution in [2.75, 3.05) is 0 Å². The number of rotatable bonds is 7. The first kappa shape index (κ1) is 15.9. The lowest BCUT2D eigenvalue weighted by molar-refractivity contribution is -0.153. The van der Waals surface area contributed by atoms with E-state index in [4.69, 9.17) is 0 Å². The Morgan fingerprint density at radius 1 is 1.29 bits per heavy atom. The molecule has 4 heteroatoms. The minimum atomic E-state index is -0.990. The van der Waals surface area contributed by atoms with Gasteiger partial charge in [-0.25, -0.2) is 0 Å². The molecule has 0 aromatic carbocycles. The van der Waals surface area contributed by atoms with Gasteiger partial charge in [0.1, 0.15) is 0 Å². The predicted molar refractivity (Wildman–Crippen MR) is 67.7 cm³/mol. The molecule has 0 aromatic rings. The van der Waals surface area contributed by atoms with Crippen LogP contribution in [0.1, 0.15) is 53.9 Å². The van der Waals surface area contributed by atoms with Crippen LogP contribution in [-0.2, 0) is 9.59 Å². The van der Waals surface area contributed by atoms with Gasteiger partial charge in [0, 0.05) is 12.5 Å². The van der Waals surface area contributed by atoms with Gasteiger partial charge in [-0.2, -0.15) is 0 Å². The van der Waals surface area contributed by atoms with Gasteiger partial charge in [-0.1, -0.05) is 27.2 Å². The molecule has 4 nitrogen and oxygen atoms in total. The van der Waals surface area contributed by atoms with Crippen molar-refractivity contribution in [1.29, 1.82) is 0 Å². The molecule has 0 aromatic heterocycles. The summed E-state index contributed by atoms with van der Waals surface area (Å²) in [5, 5.41) is 12.1. The fraction of sp³-hybridized carbons (Fsp3) is 0.846. The van der Waals surface area contributed by atoms with E-state index in [1.54, 1.807) is 6.92 Å². The Kier molecular flexibility index (Phi) is 6.21. The average Bonchev–Trinajstić information content (AvgIpc) is 2.16. The van der Waals surface area contributed by atoms with Gasteiger partial charge < -0.3 is 10.4 Å². The minimum absolute atomic E-state index is 0.0358. The highest BCUT2D eigenvalue weighted by atomic mass is 16.4. The molecule has 0 rings (SSSR count). The summed E-state index contributed by atoms with van der Waals surface area (Å²) in [4.78, 5) is 23.0. The summed E-state index contributed by atoms with van der Waals surface area (Å²) in [6.45, 7) is 9.28. The van der Waals surface area contributed by atoms with Crippen LogP contribution in [0.25, 0.3) is 0 Å². The van der Waals surface area contributed by atoms with E-state index in [-0.39, 0.29) is 24.3 Å².